The number of nitrogens with zero attached hydrogens (tertiary/aromatic N) is 1. The first-order chi connectivity index (χ1) is 22.6. The van der Waals surface area contributed by atoms with Gasteiger partial charge in [0, 0.05) is 35.5 Å². The van der Waals surface area contributed by atoms with Crippen LogP contribution in [0.1, 0.15) is 71.8 Å². The number of esters is 1. The minimum Gasteiger partial charge on any atom is -0.493 e. The average Bonchev–Trinajstić information content (AvgIpc) is 3.45. The number of rotatable bonds is 10. The second kappa shape index (κ2) is 14.7. The Labute approximate surface area is 278 Å². The Balaban J connectivity index is 1.47. The number of alkyl carbamates (subject to hydrolysis) is 1. The van der Waals surface area contributed by atoms with Crippen LogP contribution in [0.2, 0.25) is 0 Å². The molecule has 5 rings (SSSR count). The number of pyridine rings is 1. The Hall–Kier alpha value is -4.90. The second-order valence-electron chi connectivity index (χ2n) is 12.0. The number of carbonyl (C=O) groups excluding carboxylic acids is 3. The molecule has 2 N–H and O–H groups in total. The van der Waals surface area contributed by atoms with Crippen molar-refractivity contribution >= 4 is 29.3 Å². The van der Waals surface area contributed by atoms with E-state index in [-0.39, 0.29) is 23.9 Å². The van der Waals surface area contributed by atoms with Crippen molar-refractivity contribution in [3.63, 3.8) is 0 Å². The average molecular weight is 658 g/mol. The van der Waals surface area contributed by atoms with Crippen molar-refractivity contribution < 1.29 is 33.3 Å². The third-order valence-electron chi connectivity index (χ3n) is 7.31. The molecule has 2 aromatic carbocycles. The van der Waals surface area contributed by atoms with E-state index in [4.69, 9.17) is 18.9 Å². The highest BCUT2D eigenvalue weighted by Gasteiger charge is 2.25. The number of aromatic nitrogens is 1. The number of fused-ring (bicyclic) bond motifs is 3. The molecule has 47 heavy (non-hydrogen) atoms. The number of benzene rings is 2. The highest BCUT2D eigenvalue weighted by atomic mass is 32.1. The zero-order valence-corrected chi connectivity index (χ0v) is 28.0. The predicted molar refractivity (Wildman–Crippen MR) is 180 cm³/mol. The topological polar surface area (TPSA) is 125 Å². The number of carbonyl (C=O) groups is 3. The van der Waals surface area contributed by atoms with Crippen LogP contribution in [-0.4, -0.2) is 48.8 Å². The molecular weight excluding hydrogens is 618 g/mol. The number of thiophene rings is 1. The fraction of sp³-hybridized carbons (Fsp3) is 0.333. The quantitative estimate of drug-likeness (QED) is 0.176. The Morgan fingerprint density at radius 1 is 0.979 bits per heavy atom. The first-order valence-corrected chi connectivity index (χ1v) is 16.4. The molecule has 1 aliphatic rings. The number of ether oxygens (including phenoxy) is 4. The molecular formula is C36H39N3O7S. The Morgan fingerprint density at radius 2 is 1.77 bits per heavy atom. The molecule has 0 bridgehead atoms. The van der Waals surface area contributed by atoms with Crippen LogP contribution >= 0.6 is 11.3 Å². The summed E-state index contributed by atoms with van der Waals surface area (Å²) in [4.78, 5) is 43.4. The fourth-order valence-corrected chi connectivity index (χ4v) is 6.05. The van der Waals surface area contributed by atoms with E-state index >= 15 is 0 Å². The van der Waals surface area contributed by atoms with Crippen LogP contribution in [0.3, 0.4) is 0 Å². The molecule has 2 amide bonds. The maximum Gasteiger partial charge on any atom is 0.407 e. The molecule has 3 heterocycles. The summed E-state index contributed by atoms with van der Waals surface area (Å²) in [6.07, 6.45) is 1.06. The SMILES string of the molecule is CCCNC(=O)c1ccc(-c2cc3c(cc2COc2ccc(CNC(=O)OC(C)(C)C)cc2)-c2sccc2CCO3)c(C(=O)OC)n1. The summed E-state index contributed by atoms with van der Waals surface area (Å²) in [6, 6.07) is 16.8. The standard InChI is InChI=1S/C36H39N3O7S/c1-6-15-37-33(40)29-12-11-26(31(39-29)34(41)43-5)27-19-30-28(32-23(13-16-44-30)14-17-47-32)18-24(27)21-45-25-9-7-22(8-10-25)20-38-35(42)46-36(2,3)4/h7-12,14,17-19H,6,13,15-16,20-21H2,1-5H3,(H,37,40)(H,38,42). The molecule has 4 aromatic rings. The van der Waals surface area contributed by atoms with Crippen molar-refractivity contribution in [2.45, 2.75) is 59.3 Å². The van der Waals surface area contributed by atoms with Crippen molar-refractivity contribution in [2.75, 3.05) is 20.3 Å². The van der Waals surface area contributed by atoms with Crippen LogP contribution in [-0.2, 0) is 29.0 Å². The number of hydrogen-bond donors (Lipinski definition) is 2. The summed E-state index contributed by atoms with van der Waals surface area (Å²) in [7, 11) is 1.28. The predicted octanol–water partition coefficient (Wildman–Crippen LogP) is 6.94. The van der Waals surface area contributed by atoms with E-state index < -0.39 is 17.7 Å². The van der Waals surface area contributed by atoms with Crippen LogP contribution in [0.4, 0.5) is 4.79 Å². The van der Waals surface area contributed by atoms with Gasteiger partial charge in [-0.05, 0) is 97.3 Å². The van der Waals surface area contributed by atoms with Crippen LogP contribution in [0.5, 0.6) is 11.5 Å². The summed E-state index contributed by atoms with van der Waals surface area (Å²) in [5.41, 5.74) is 4.56. The highest BCUT2D eigenvalue weighted by molar-refractivity contribution is 7.13. The number of methoxy groups -OCH3 is 1. The van der Waals surface area contributed by atoms with Gasteiger partial charge >= 0.3 is 12.1 Å². The maximum atomic E-state index is 13.0. The largest absolute Gasteiger partial charge is 0.493 e. The highest BCUT2D eigenvalue weighted by Crippen LogP contribution is 2.43. The van der Waals surface area contributed by atoms with E-state index in [0.29, 0.717) is 42.3 Å². The van der Waals surface area contributed by atoms with Gasteiger partial charge in [0.05, 0.1) is 13.7 Å². The summed E-state index contributed by atoms with van der Waals surface area (Å²) in [5, 5.41) is 7.63. The second-order valence-corrected chi connectivity index (χ2v) is 12.9. The lowest BCUT2D eigenvalue weighted by Gasteiger charge is -2.19. The van der Waals surface area contributed by atoms with Crippen molar-refractivity contribution in [3.8, 4) is 33.1 Å². The van der Waals surface area contributed by atoms with Gasteiger partial charge < -0.3 is 29.6 Å². The van der Waals surface area contributed by atoms with Crippen molar-refractivity contribution in [1.82, 2.24) is 15.6 Å². The Kier molecular flexibility index (Phi) is 10.5. The smallest absolute Gasteiger partial charge is 0.407 e. The summed E-state index contributed by atoms with van der Waals surface area (Å²) < 4.78 is 22.9. The summed E-state index contributed by atoms with van der Waals surface area (Å²) in [5.74, 6) is 0.276. The zero-order valence-electron chi connectivity index (χ0n) is 27.2. The third kappa shape index (κ3) is 8.28. The lowest BCUT2D eigenvalue weighted by molar-refractivity contribution is 0.0522. The normalized spacial score (nSPS) is 12.1. The molecule has 0 saturated heterocycles. The number of hydrogen-bond acceptors (Lipinski definition) is 9. The molecule has 1 aliphatic heterocycles. The molecule has 0 saturated carbocycles. The fourth-order valence-electron chi connectivity index (χ4n) is 5.07. The molecule has 2 aromatic heterocycles. The molecule has 0 radical (unpaired) electrons. The van der Waals surface area contributed by atoms with E-state index in [2.05, 4.69) is 27.1 Å². The van der Waals surface area contributed by atoms with Crippen LogP contribution in [0, 0.1) is 0 Å². The minimum absolute atomic E-state index is 0.0186. The number of amides is 2. The molecule has 0 aliphatic carbocycles. The summed E-state index contributed by atoms with van der Waals surface area (Å²) in [6.45, 7) is 8.88. The molecule has 0 atom stereocenters. The van der Waals surface area contributed by atoms with Gasteiger partial charge in [0.1, 0.15) is 29.4 Å². The van der Waals surface area contributed by atoms with Gasteiger partial charge in [-0.3, -0.25) is 4.79 Å². The molecule has 246 valence electrons. The van der Waals surface area contributed by atoms with Gasteiger partial charge in [0.2, 0.25) is 0 Å². The minimum atomic E-state index is -0.663. The van der Waals surface area contributed by atoms with E-state index in [1.54, 1.807) is 23.5 Å². The Bertz CT molecular complexity index is 1760. The molecule has 0 unspecified atom stereocenters. The van der Waals surface area contributed by atoms with Gasteiger partial charge in [-0.1, -0.05) is 19.1 Å². The Morgan fingerprint density at radius 3 is 2.49 bits per heavy atom. The van der Waals surface area contributed by atoms with Crippen molar-refractivity contribution in [2.24, 2.45) is 0 Å². The first-order valence-electron chi connectivity index (χ1n) is 15.5. The lowest BCUT2D eigenvalue weighted by Crippen LogP contribution is -2.32. The van der Waals surface area contributed by atoms with E-state index in [9.17, 15) is 14.4 Å². The van der Waals surface area contributed by atoms with Crippen molar-refractivity contribution in [3.05, 3.63) is 88.1 Å². The maximum absolute atomic E-state index is 13.0. The van der Waals surface area contributed by atoms with Gasteiger partial charge in [0.25, 0.3) is 5.91 Å². The van der Waals surface area contributed by atoms with Gasteiger partial charge in [-0.2, -0.15) is 0 Å². The van der Waals surface area contributed by atoms with E-state index in [1.807, 2.05) is 64.1 Å². The molecule has 0 spiro atoms. The zero-order chi connectivity index (χ0) is 33.6. The van der Waals surface area contributed by atoms with Crippen LogP contribution in [0.25, 0.3) is 21.6 Å². The van der Waals surface area contributed by atoms with Crippen molar-refractivity contribution in [1.29, 1.82) is 0 Å². The van der Waals surface area contributed by atoms with Crippen LogP contribution < -0.4 is 20.1 Å². The first kappa shape index (κ1) is 33.5. The van der Waals surface area contributed by atoms with E-state index in [0.717, 1.165) is 34.4 Å². The van der Waals surface area contributed by atoms with Gasteiger partial charge in [-0.15, -0.1) is 11.3 Å². The third-order valence-corrected chi connectivity index (χ3v) is 8.30. The monoisotopic (exact) mass is 657 g/mol. The number of nitrogens with one attached hydrogen (secondary N) is 2. The van der Waals surface area contributed by atoms with Gasteiger partial charge in [-0.25, -0.2) is 14.6 Å². The lowest BCUT2D eigenvalue weighted by atomic mass is 9.94. The van der Waals surface area contributed by atoms with Gasteiger partial charge in [0.15, 0.2) is 5.69 Å². The summed E-state index contributed by atoms with van der Waals surface area (Å²) >= 11 is 1.65. The molecule has 0 fully saturated rings. The molecule has 11 heteroatoms. The molecule has 10 nitrogen and oxygen atoms in total. The van der Waals surface area contributed by atoms with Crippen LogP contribution in [0.15, 0.2) is 60.0 Å². The van der Waals surface area contributed by atoms with E-state index in [1.165, 1.54) is 12.7 Å².